The Balaban J connectivity index is 1.68. The van der Waals surface area contributed by atoms with Crippen LogP contribution in [0, 0.1) is 6.92 Å². The van der Waals surface area contributed by atoms with Crippen molar-refractivity contribution >= 4 is 10.8 Å². The molecule has 0 saturated heterocycles. The molecule has 0 saturated carbocycles. The van der Waals surface area contributed by atoms with E-state index in [2.05, 4.69) is 72.9 Å². The maximum atomic E-state index is 4.31. The number of fused-ring (bicyclic) bond motifs is 1. The van der Waals surface area contributed by atoms with Crippen molar-refractivity contribution in [2.75, 3.05) is 6.54 Å². The second kappa shape index (κ2) is 6.10. The first-order valence-corrected chi connectivity index (χ1v) is 7.44. The Kier molecular flexibility index (Phi) is 4.02. The fourth-order valence-corrected chi connectivity index (χ4v) is 2.72. The summed E-state index contributed by atoms with van der Waals surface area (Å²) in [4.78, 5) is 0. The van der Waals surface area contributed by atoms with E-state index in [0.29, 0.717) is 6.04 Å². The van der Waals surface area contributed by atoms with E-state index in [1.165, 1.54) is 21.9 Å². The molecule has 3 aromatic rings. The summed E-state index contributed by atoms with van der Waals surface area (Å²) < 4.78 is 1.98. The molecule has 3 heteroatoms. The molecular weight excluding hydrogens is 258 g/mol. The fraction of sp³-hybridized carbons (Fsp3) is 0.278. The van der Waals surface area contributed by atoms with Gasteiger partial charge < -0.3 is 5.32 Å². The van der Waals surface area contributed by atoms with Crippen molar-refractivity contribution < 1.29 is 0 Å². The quantitative estimate of drug-likeness (QED) is 0.772. The second-order valence-electron chi connectivity index (χ2n) is 5.52. The SMILES string of the molecule is Cc1cnn(CCN[C@@H](C)c2cccc3ccccc23)c1. The Morgan fingerprint density at radius 2 is 1.95 bits per heavy atom. The molecule has 2 aromatic carbocycles. The molecule has 0 unspecified atom stereocenters. The van der Waals surface area contributed by atoms with Crippen LogP contribution in [0.25, 0.3) is 10.8 Å². The van der Waals surface area contributed by atoms with Crippen molar-refractivity contribution in [2.24, 2.45) is 0 Å². The van der Waals surface area contributed by atoms with Crippen molar-refractivity contribution in [3.05, 3.63) is 66.0 Å². The van der Waals surface area contributed by atoms with E-state index < -0.39 is 0 Å². The van der Waals surface area contributed by atoms with Gasteiger partial charge in [-0.1, -0.05) is 42.5 Å². The number of aromatic nitrogens is 2. The average Bonchev–Trinajstić information content (AvgIpc) is 2.92. The Morgan fingerprint density at radius 3 is 2.76 bits per heavy atom. The smallest absolute Gasteiger partial charge is 0.0534 e. The van der Waals surface area contributed by atoms with Gasteiger partial charge >= 0.3 is 0 Å². The molecule has 1 atom stereocenters. The van der Waals surface area contributed by atoms with E-state index in [9.17, 15) is 0 Å². The molecule has 0 fully saturated rings. The Bertz CT molecular complexity index is 725. The van der Waals surface area contributed by atoms with Gasteiger partial charge in [0.1, 0.15) is 0 Å². The minimum absolute atomic E-state index is 0.327. The zero-order valence-corrected chi connectivity index (χ0v) is 12.6. The van der Waals surface area contributed by atoms with Gasteiger partial charge in [-0.05, 0) is 35.7 Å². The fourth-order valence-electron chi connectivity index (χ4n) is 2.72. The molecule has 0 aliphatic carbocycles. The first-order valence-electron chi connectivity index (χ1n) is 7.44. The predicted octanol–water partition coefficient (Wildman–Crippen LogP) is 3.70. The van der Waals surface area contributed by atoms with Crippen LogP contribution in [0.2, 0.25) is 0 Å². The summed E-state index contributed by atoms with van der Waals surface area (Å²) in [6.45, 7) is 6.08. The highest BCUT2D eigenvalue weighted by Crippen LogP contribution is 2.23. The monoisotopic (exact) mass is 279 g/mol. The molecule has 3 rings (SSSR count). The summed E-state index contributed by atoms with van der Waals surface area (Å²) in [7, 11) is 0. The van der Waals surface area contributed by atoms with Crippen molar-refractivity contribution in [3.63, 3.8) is 0 Å². The van der Waals surface area contributed by atoms with Crippen LogP contribution in [0.3, 0.4) is 0 Å². The van der Waals surface area contributed by atoms with Crippen LogP contribution in [-0.2, 0) is 6.54 Å². The van der Waals surface area contributed by atoms with E-state index >= 15 is 0 Å². The van der Waals surface area contributed by atoms with Crippen LogP contribution in [-0.4, -0.2) is 16.3 Å². The third kappa shape index (κ3) is 3.14. The summed E-state index contributed by atoms with van der Waals surface area (Å²) >= 11 is 0. The molecule has 0 radical (unpaired) electrons. The number of nitrogens with zero attached hydrogens (tertiary/aromatic N) is 2. The first-order chi connectivity index (χ1) is 10.2. The molecule has 1 aromatic heterocycles. The number of nitrogens with one attached hydrogen (secondary N) is 1. The standard InChI is InChI=1S/C18H21N3/c1-14-12-20-21(13-14)11-10-19-15(2)17-9-5-7-16-6-3-4-8-18(16)17/h3-9,12-13,15,19H,10-11H2,1-2H3/t15-/m0/s1. The molecule has 0 amide bonds. The number of rotatable bonds is 5. The number of hydrogen-bond acceptors (Lipinski definition) is 2. The van der Waals surface area contributed by atoms with Crippen molar-refractivity contribution in [3.8, 4) is 0 Å². The van der Waals surface area contributed by atoms with Gasteiger partial charge in [-0.25, -0.2) is 0 Å². The van der Waals surface area contributed by atoms with Gasteiger partial charge in [-0.3, -0.25) is 4.68 Å². The summed E-state index contributed by atoms with van der Waals surface area (Å²) in [6, 6.07) is 15.4. The molecular formula is C18H21N3. The zero-order valence-electron chi connectivity index (χ0n) is 12.6. The van der Waals surface area contributed by atoms with Crippen molar-refractivity contribution in [2.45, 2.75) is 26.4 Å². The van der Waals surface area contributed by atoms with E-state index in [-0.39, 0.29) is 0 Å². The predicted molar refractivity (Wildman–Crippen MR) is 87.3 cm³/mol. The lowest BCUT2D eigenvalue weighted by Crippen LogP contribution is -2.23. The third-order valence-electron chi connectivity index (χ3n) is 3.84. The van der Waals surface area contributed by atoms with Gasteiger partial charge in [0.2, 0.25) is 0 Å². The number of hydrogen-bond donors (Lipinski definition) is 1. The van der Waals surface area contributed by atoms with Gasteiger partial charge in [0.05, 0.1) is 12.7 Å². The van der Waals surface area contributed by atoms with Gasteiger partial charge in [0.25, 0.3) is 0 Å². The lowest BCUT2D eigenvalue weighted by molar-refractivity contribution is 0.509. The third-order valence-corrected chi connectivity index (χ3v) is 3.84. The average molecular weight is 279 g/mol. The van der Waals surface area contributed by atoms with Crippen LogP contribution >= 0.6 is 0 Å². The number of benzene rings is 2. The van der Waals surface area contributed by atoms with Crippen LogP contribution in [0.4, 0.5) is 0 Å². The van der Waals surface area contributed by atoms with E-state index in [0.717, 1.165) is 13.1 Å². The highest BCUT2D eigenvalue weighted by atomic mass is 15.3. The molecule has 108 valence electrons. The van der Waals surface area contributed by atoms with Crippen LogP contribution < -0.4 is 5.32 Å². The van der Waals surface area contributed by atoms with Crippen LogP contribution in [0.15, 0.2) is 54.9 Å². The summed E-state index contributed by atoms with van der Waals surface area (Å²) in [5, 5.41) is 10.5. The lowest BCUT2D eigenvalue weighted by atomic mass is 10.00. The molecule has 0 aliphatic rings. The van der Waals surface area contributed by atoms with Gasteiger partial charge in [0.15, 0.2) is 0 Å². The topological polar surface area (TPSA) is 29.9 Å². The second-order valence-corrected chi connectivity index (χ2v) is 5.52. The molecule has 0 spiro atoms. The molecule has 3 nitrogen and oxygen atoms in total. The van der Waals surface area contributed by atoms with Gasteiger partial charge in [0, 0.05) is 18.8 Å². The highest BCUT2D eigenvalue weighted by molar-refractivity contribution is 5.86. The normalized spacial score (nSPS) is 12.7. The largest absolute Gasteiger partial charge is 0.308 e. The maximum Gasteiger partial charge on any atom is 0.0534 e. The summed E-state index contributed by atoms with van der Waals surface area (Å²) in [6.07, 6.45) is 3.97. The summed E-state index contributed by atoms with van der Waals surface area (Å²) in [5.74, 6) is 0. The Morgan fingerprint density at radius 1 is 1.14 bits per heavy atom. The highest BCUT2D eigenvalue weighted by Gasteiger charge is 2.08. The van der Waals surface area contributed by atoms with Crippen molar-refractivity contribution in [1.29, 1.82) is 0 Å². The lowest BCUT2D eigenvalue weighted by Gasteiger charge is -2.16. The Hall–Kier alpha value is -2.13. The van der Waals surface area contributed by atoms with E-state index in [1.54, 1.807) is 0 Å². The number of aryl methyl sites for hydroxylation is 1. The summed E-state index contributed by atoms with van der Waals surface area (Å²) in [5.41, 5.74) is 2.56. The minimum Gasteiger partial charge on any atom is -0.308 e. The first kappa shape index (κ1) is 13.8. The maximum absolute atomic E-state index is 4.31. The zero-order chi connectivity index (χ0) is 14.7. The van der Waals surface area contributed by atoms with Crippen molar-refractivity contribution in [1.82, 2.24) is 15.1 Å². The minimum atomic E-state index is 0.327. The van der Waals surface area contributed by atoms with Crippen LogP contribution in [0.1, 0.15) is 24.1 Å². The van der Waals surface area contributed by atoms with Gasteiger partial charge in [-0.2, -0.15) is 5.10 Å². The Labute approximate surface area is 125 Å². The van der Waals surface area contributed by atoms with E-state index in [4.69, 9.17) is 0 Å². The molecule has 0 bridgehead atoms. The van der Waals surface area contributed by atoms with Gasteiger partial charge in [-0.15, -0.1) is 0 Å². The molecule has 1 N–H and O–H groups in total. The van der Waals surface area contributed by atoms with Crippen LogP contribution in [0.5, 0.6) is 0 Å². The molecule has 21 heavy (non-hydrogen) atoms. The van der Waals surface area contributed by atoms with E-state index in [1.807, 2.05) is 10.9 Å². The molecule has 0 aliphatic heterocycles. The molecule has 1 heterocycles.